The Balaban J connectivity index is 1.39. The Kier molecular flexibility index (Phi) is 8.87. The molecule has 0 bridgehead atoms. The maximum absolute atomic E-state index is 13.7. The molecule has 4 aromatic rings. The second kappa shape index (κ2) is 13.1. The average molecular weight is 581 g/mol. The van der Waals surface area contributed by atoms with Gasteiger partial charge in [0.25, 0.3) is 0 Å². The topological polar surface area (TPSA) is 98.6 Å². The third-order valence-corrected chi connectivity index (χ3v) is 9.27. The predicted molar refractivity (Wildman–Crippen MR) is 167 cm³/mol. The summed E-state index contributed by atoms with van der Waals surface area (Å²) in [4.78, 5) is 35.7. The summed E-state index contributed by atoms with van der Waals surface area (Å²) < 4.78 is 11.3. The lowest BCUT2D eigenvalue weighted by atomic mass is 9.90. The fourth-order valence-corrected chi connectivity index (χ4v) is 6.88. The van der Waals surface area contributed by atoms with Crippen molar-refractivity contribution in [2.75, 3.05) is 6.61 Å². The van der Waals surface area contributed by atoms with Crippen LogP contribution >= 0.6 is 0 Å². The number of ether oxygens (including phenoxy) is 2. The Morgan fingerprint density at radius 1 is 0.721 bits per heavy atom. The van der Waals surface area contributed by atoms with E-state index in [9.17, 15) is 14.7 Å². The number of pyridine rings is 2. The number of nitrogens with zero attached hydrogens (tertiary/aromatic N) is 2. The highest BCUT2D eigenvalue weighted by atomic mass is 16.5. The minimum absolute atomic E-state index is 0.0507. The molecule has 7 heteroatoms. The van der Waals surface area contributed by atoms with Crippen molar-refractivity contribution < 1.29 is 24.2 Å². The summed E-state index contributed by atoms with van der Waals surface area (Å²) in [6.07, 6.45) is 16.9. The number of carbonyl (C=O) groups excluding carboxylic acids is 2. The first-order chi connectivity index (χ1) is 21.0. The van der Waals surface area contributed by atoms with Crippen molar-refractivity contribution in [3.05, 3.63) is 71.0 Å². The molecule has 2 saturated carbocycles. The number of rotatable bonds is 6. The van der Waals surface area contributed by atoms with Crippen LogP contribution in [-0.2, 0) is 4.74 Å². The van der Waals surface area contributed by atoms with Crippen molar-refractivity contribution in [1.82, 2.24) is 9.97 Å². The highest BCUT2D eigenvalue weighted by Gasteiger charge is 2.25. The molecule has 0 atom stereocenters. The first-order valence-electron chi connectivity index (χ1n) is 16.0. The zero-order valence-corrected chi connectivity index (χ0v) is 24.9. The third kappa shape index (κ3) is 6.22. The number of hydrogen-bond donors (Lipinski definition) is 1. The van der Waals surface area contributed by atoms with Crippen LogP contribution in [0.25, 0.3) is 21.8 Å². The Morgan fingerprint density at radius 2 is 1.23 bits per heavy atom. The molecule has 0 aliphatic heterocycles. The molecular formula is C36H40N2O5. The van der Waals surface area contributed by atoms with Crippen molar-refractivity contribution in [2.45, 2.75) is 95.8 Å². The lowest BCUT2D eigenvalue weighted by Gasteiger charge is -2.18. The third-order valence-electron chi connectivity index (χ3n) is 9.27. The number of aromatic nitrogens is 2. The fraction of sp³-hybridized carbons (Fsp3) is 0.444. The highest BCUT2D eigenvalue weighted by Crippen LogP contribution is 2.38. The summed E-state index contributed by atoms with van der Waals surface area (Å²) in [6.45, 7) is 1.90. The molecule has 43 heavy (non-hydrogen) atoms. The molecular weight excluding hydrogens is 540 g/mol. The maximum atomic E-state index is 13.7. The van der Waals surface area contributed by atoms with Gasteiger partial charge in [-0.15, -0.1) is 0 Å². The van der Waals surface area contributed by atoms with Crippen molar-refractivity contribution in [3.8, 4) is 11.5 Å². The number of benzene rings is 2. The molecule has 2 aromatic carbocycles. The van der Waals surface area contributed by atoms with Crippen LogP contribution in [0.4, 0.5) is 0 Å². The van der Waals surface area contributed by atoms with E-state index >= 15 is 0 Å². The van der Waals surface area contributed by atoms with Crippen molar-refractivity contribution >= 4 is 33.7 Å². The van der Waals surface area contributed by atoms with E-state index in [-0.39, 0.29) is 29.2 Å². The molecule has 0 amide bonds. The standard InChI is InChI=1S/C36H40N2O5/c1-2-42-35(40)30-22-38-32-18-16-26(24-13-9-5-6-10-14-24)20-28(32)34(30)43-36(41)29-21-37-31-17-15-25(19-27(31)33(29)39)23-11-7-3-4-8-12-23/h15-24H,2-14H2,1H3,(H,37,39). The van der Waals surface area contributed by atoms with Crippen LogP contribution in [0.2, 0.25) is 0 Å². The minimum Gasteiger partial charge on any atom is -0.506 e. The van der Waals surface area contributed by atoms with Crippen LogP contribution in [0.5, 0.6) is 11.5 Å². The second-order valence-corrected chi connectivity index (χ2v) is 12.1. The highest BCUT2D eigenvalue weighted by molar-refractivity contribution is 6.05. The monoisotopic (exact) mass is 580 g/mol. The molecule has 224 valence electrons. The quantitative estimate of drug-likeness (QED) is 0.180. The van der Waals surface area contributed by atoms with E-state index in [1.807, 2.05) is 24.3 Å². The van der Waals surface area contributed by atoms with Gasteiger partial charge in [0.2, 0.25) is 0 Å². The van der Waals surface area contributed by atoms with E-state index in [1.54, 1.807) is 6.92 Å². The van der Waals surface area contributed by atoms with Crippen molar-refractivity contribution in [1.29, 1.82) is 0 Å². The molecule has 0 spiro atoms. The first-order valence-corrected chi connectivity index (χ1v) is 16.0. The number of esters is 2. The van der Waals surface area contributed by atoms with E-state index < -0.39 is 11.9 Å². The lowest BCUT2D eigenvalue weighted by Crippen LogP contribution is -2.15. The van der Waals surface area contributed by atoms with Crippen LogP contribution in [0, 0.1) is 0 Å². The van der Waals surface area contributed by atoms with Gasteiger partial charge in [-0.25, -0.2) is 9.59 Å². The number of hydrogen-bond acceptors (Lipinski definition) is 7. The Morgan fingerprint density at radius 3 is 1.79 bits per heavy atom. The van der Waals surface area contributed by atoms with Gasteiger partial charge in [0.05, 0.1) is 17.6 Å². The fourth-order valence-electron chi connectivity index (χ4n) is 6.88. The van der Waals surface area contributed by atoms with Gasteiger partial charge >= 0.3 is 11.9 Å². The molecule has 7 nitrogen and oxygen atoms in total. The smallest absolute Gasteiger partial charge is 0.348 e. The maximum Gasteiger partial charge on any atom is 0.348 e. The second-order valence-electron chi connectivity index (χ2n) is 12.1. The van der Waals surface area contributed by atoms with Gasteiger partial charge in [-0.05, 0) is 79.8 Å². The summed E-state index contributed by atoms with van der Waals surface area (Å²) in [6, 6.07) is 12.0. The Bertz CT molecular complexity index is 1630. The van der Waals surface area contributed by atoms with Crippen LogP contribution in [0.15, 0.2) is 48.8 Å². The zero-order valence-electron chi connectivity index (χ0n) is 24.9. The zero-order chi connectivity index (χ0) is 29.8. The molecule has 2 fully saturated rings. The average Bonchev–Trinajstić information content (AvgIpc) is 3.47. The van der Waals surface area contributed by atoms with Crippen LogP contribution < -0.4 is 4.74 Å². The summed E-state index contributed by atoms with van der Waals surface area (Å²) in [5.41, 5.74) is 3.56. The summed E-state index contributed by atoms with van der Waals surface area (Å²) in [5, 5.41) is 12.4. The van der Waals surface area contributed by atoms with E-state index in [4.69, 9.17) is 9.47 Å². The van der Waals surface area contributed by atoms with E-state index in [2.05, 4.69) is 22.1 Å². The molecule has 2 aliphatic rings. The van der Waals surface area contributed by atoms with Gasteiger partial charge in [-0.1, -0.05) is 63.5 Å². The molecule has 0 saturated heterocycles. The van der Waals surface area contributed by atoms with E-state index in [0.717, 1.165) is 36.8 Å². The van der Waals surface area contributed by atoms with E-state index in [0.29, 0.717) is 33.6 Å². The lowest BCUT2D eigenvalue weighted by molar-refractivity contribution is 0.0520. The van der Waals surface area contributed by atoms with Gasteiger partial charge in [-0.3, -0.25) is 9.97 Å². The molecule has 0 radical (unpaired) electrons. The minimum atomic E-state index is -0.787. The normalized spacial score (nSPS) is 17.0. The van der Waals surface area contributed by atoms with Crippen LogP contribution in [0.3, 0.4) is 0 Å². The molecule has 2 aromatic heterocycles. The molecule has 2 heterocycles. The Hall–Kier alpha value is -4.00. The molecule has 0 unspecified atom stereocenters. The van der Waals surface area contributed by atoms with E-state index in [1.165, 1.54) is 63.8 Å². The van der Waals surface area contributed by atoms with Gasteiger partial charge in [-0.2, -0.15) is 0 Å². The summed E-state index contributed by atoms with van der Waals surface area (Å²) in [7, 11) is 0. The van der Waals surface area contributed by atoms with Crippen LogP contribution in [-0.4, -0.2) is 33.6 Å². The molecule has 6 rings (SSSR count). The number of carbonyl (C=O) groups is 2. The number of fused-ring (bicyclic) bond motifs is 2. The van der Waals surface area contributed by atoms with Gasteiger partial charge in [0.15, 0.2) is 5.75 Å². The summed E-state index contributed by atoms with van der Waals surface area (Å²) in [5.74, 6) is -0.646. The van der Waals surface area contributed by atoms with Crippen LogP contribution in [0.1, 0.15) is 128 Å². The predicted octanol–water partition coefficient (Wildman–Crippen LogP) is 8.76. The van der Waals surface area contributed by atoms with Gasteiger partial charge < -0.3 is 14.6 Å². The van der Waals surface area contributed by atoms with Crippen molar-refractivity contribution in [2.24, 2.45) is 0 Å². The Labute approximate surface area is 252 Å². The molecule has 2 aliphatic carbocycles. The van der Waals surface area contributed by atoms with Gasteiger partial charge in [0.1, 0.15) is 16.9 Å². The first kappa shape index (κ1) is 29.1. The SMILES string of the molecule is CCOC(=O)c1cnc2ccc(C3CCCCCC3)cc2c1OC(=O)c1cnc2ccc(C3CCCCCC3)cc2c1O. The van der Waals surface area contributed by atoms with Crippen molar-refractivity contribution in [3.63, 3.8) is 0 Å². The largest absolute Gasteiger partial charge is 0.506 e. The van der Waals surface area contributed by atoms with Gasteiger partial charge in [0, 0.05) is 23.2 Å². The molecule has 1 N–H and O–H groups in total. The summed E-state index contributed by atoms with van der Waals surface area (Å²) >= 11 is 0. The number of aromatic hydroxyl groups is 1.